The Morgan fingerprint density at radius 1 is 1.26 bits per heavy atom. The zero-order valence-electron chi connectivity index (χ0n) is 15.0. The van der Waals surface area contributed by atoms with Crippen molar-refractivity contribution in [2.24, 2.45) is 0 Å². The zero-order chi connectivity index (χ0) is 19.6. The van der Waals surface area contributed by atoms with Crippen LogP contribution in [0.4, 0.5) is 0 Å². The van der Waals surface area contributed by atoms with E-state index in [1.807, 2.05) is 13.8 Å². The number of likely N-dealkylation sites (tertiary alicyclic amines) is 1. The lowest BCUT2D eigenvalue weighted by molar-refractivity contribution is -0.140. The summed E-state index contributed by atoms with van der Waals surface area (Å²) in [6, 6.07) is 9.43. The van der Waals surface area contributed by atoms with Gasteiger partial charge in [0.25, 0.3) is 11.7 Å². The van der Waals surface area contributed by atoms with Crippen molar-refractivity contribution in [2.75, 3.05) is 13.2 Å². The van der Waals surface area contributed by atoms with Gasteiger partial charge in [-0.1, -0.05) is 28.1 Å². The minimum absolute atomic E-state index is 0.00616. The van der Waals surface area contributed by atoms with E-state index in [1.165, 1.54) is 11.2 Å². The second kappa shape index (κ2) is 8.10. The highest BCUT2D eigenvalue weighted by Gasteiger charge is 2.47. The van der Waals surface area contributed by atoms with Gasteiger partial charge in [0.15, 0.2) is 0 Å². The quantitative estimate of drug-likeness (QED) is 0.424. The van der Waals surface area contributed by atoms with Crippen LogP contribution in [0, 0.1) is 0 Å². The molecule has 142 valence electrons. The summed E-state index contributed by atoms with van der Waals surface area (Å²) >= 11 is 3.34. The number of ether oxygens (including phenoxy) is 1. The highest BCUT2D eigenvalue weighted by atomic mass is 79.9. The summed E-state index contributed by atoms with van der Waals surface area (Å²) in [4.78, 5) is 26.7. The highest BCUT2D eigenvalue weighted by molar-refractivity contribution is 9.10. The Kier molecular flexibility index (Phi) is 5.82. The van der Waals surface area contributed by atoms with Crippen LogP contribution in [-0.4, -0.2) is 41.0 Å². The molecule has 0 aliphatic carbocycles. The van der Waals surface area contributed by atoms with Crippen LogP contribution in [0.3, 0.4) is 0 Å². The number of furan rings is 1. The molecule has 0 spiro atoms. The van der Waals surface area contributed by atoms with E-state index < -0.39 is 17.7 Å². The Labute approximate surface area is 165 Å². The molecule has 2 heterocycles. The molecular formula is C20H20BrNO5. The predicted molar refractivity (Wildman–Crippen MR) is 103 cm³/mol. The van der Waals surface area contributed by atoms with E-state index in [9.17, 15) is 14.7 Å². The molecule has 1 atom stereocenters. The maximum atomic E-state index is 12.7. The molecule has 1 fully saturated rings. The van der Waals surface area contributed by atoms with Gasteiger partial charge < -0.3 is 19.2 Å². The van der Waals surface area contributed by atoms with Crippen molar-refractivity contribution < 1.29 is 23.8 Å². The molecule has 2 aromatic rings. The molecule has 0 saturated carbocycles. The summed E-state index contributed by atoms with van der Waals surface area (Å²) in [5.41, 5.74) is 0.466. The number of ketones is 1. The standard InChI is InChI=1S/C20H20BrNO5/c1-12(2)26-11-9-22-17(15-4-3-10-27-15)16(19(24)20(22)25)18(23)13-5-7-14(21)8-6-13/h3-8,10,12,17,23H,9,11H2,1-2H3/b18-16-. The molecule has 1 amide bonds. The Morgan fingerprint density at radius 3 is 2.56 bits per heavy atom. The summed E-state index contributed by atoms with van der Waals surface area (Å²) < 4.78 is 11.8. The van der Waals surface area contributed by atoms with E-state index in [0.717, 1.165) is 4.47 Å². The van der Waals surface area contributed by atoms with Gasteiger partial charge in [-0.2, -0.15) is 0 Å². The summed E-state index contributed by atoms with van der Waals surface area (Å²) in [6.07, 6.45) is 1.48. The number of rotatable bonds is 6. The largest absolute Gasteiger partial charge is 0.507 e. The van der Waals surface area contributed by atoms with Crippen molar-refractivity contribution in [3.8, 4) is 0 Å². The van der Waals surface area contributed by atoms with Crippen LogP contribution in [0.15, 0.2) is 57.1 Å². The number of carbonyl (C=O) groups is 2. The SMILES string of the molecule is CC(C)OCCN1C(=O)C(=O)/C(=C(\O)c2ccc(Br)cc2)C1c1ccco1. The fourth-order valence-corrected chi connectivity index (χ4v) is 3.27. The van der Waals surface area contributed by atoms with Gasteiger partial charge in [-0.05, 0) is 38.1 Å². The van der Waals surface area contributed by atoms with E-state index in [2.05, 4.69) is 15.9 Å². The third-order valence-corrected chi connectivity index (χ3v) is 4.78. The van der Waals surface area contributed by atoms with Gasteiger partial charge in [0, 0.05) is 16.6 Å². The van der Waals surface area contributed by atoms with Gasteiger partial charge >= 0.3 is 0 Å². The normalized spacial score (nSPS) is 19.3. The molecule has 0 radical (unpaired) electrons. The first-order valence-corrected chi connectivity index (χ1v) is 9.38. The summed E-state index contributed by atoms with van der Waals surface area (Å²) in [7, 11) is 0. The van der Waals surface area contributed by atoms with E-state index in [0.29, 0.717) is 11.3 Å². The smallest absolute Gasteiger partial charge is 0.295 e. The van der Waals surface area contributed by atoms with Crippen molar-refractivity contribution >= 4 is 33.4 Å². The first kappa shape index (κ1) is 19.4. The van der Waals surface area contributed by atoms with Crippen LogP contribution in [0.5, 0.6) is 0 Å². The van der Waals surface area contributed by atoms with E-state index in [4.69, 9.17) is 9.15 Å². The van der Waals surface area contributed by atoms with Crippen LogP contribution in [-0.2, 0) is 14.3 Å². The van der Waals surface area contributed by atoms with Gasteiger partial charge in [0.2, 0.25) is 0 Å². The number of Topliss-reactive ketones (excluding diaryl/α,β-unsaturated/α-hetero) is 1. The number of aliphatic hydroxyl groups excluding tert-OH is 1. The maximum Gasteiger partial charge on any atom is 0.295 e. The zero-order valence-corrected chi connectivity index (χ0v) is 16.6. The lowest BCUT2D eigenvalue weighted by Gasteiger charge is -2.23. The lowest BCUT2D eigenvalue weighted by Crippen LogP contribution is -2.33. The minimum Gasteiger partial charge on any atom is -0.507 e. The third kappa shape index (κ3) is 3.99. The van der Waals surface area contributed by atoms with Gasteiger partial charge in [0.05, 0.1) is 24.5 Å². The van der Waals surface area contributed by atoms with Crippen molar-refractivity contribution in [3.63, 3.8) is 0 Å². The van der Waals surface area contributed by atoms with Gasteiger partial charge in [0.1, 0.15) is 17.6 Å². The van der Waals surface area contributed by atoms with E-state index in [1.54, 1.807) is 36.4 Å². The Bertz CT molecular complexity index is 855. The number of carbonyl (C=O) groups excluding carboxylic acids is 2. The topological polar surface area (TPSA) is 80.0 Å². The van der Waals surface area contributed by atoms with Crippen LogP contribution in [0.1, 0.15) is 31.2 Å². The van der Waals surface area contributed by atoms with Crippen LogP contribution < -0.4 is 0 Å². The molecule has 1 aliphatic rings. The van der Waals surface area contributed by atoms with Gasteiger partial charge in [-0.15, -0.1) is 0 Å². The third-order valence-electron chi connectivity index (χ3n) is 4.25. The second-order valence-electron chi connectivity index (χ2n) is 6.43. The molecule has 1 aliphatic heterocycles. The Balaban J connectivity index is 2.03. The summed E-state index contributed by atoms with van der Waals surface area (Å²) in [5, 5.41) is 10.8. The van der Waals surface area contributed by atoms with Crippen molar-refractivity contribution in [2.45, 2.75) is 26.0 Å². The second-order valence-corrected chi connectivity index (χ2v) is 7.35. The first-order valence-electron chi connectivity index (χ1n) is 8.59. The number of aliphatic hydroxyl groups is 1. The highest BCUT2D eigenvalue weighted by Crippen LogP contribution is 2.39. The molecule has 7 heteroatoms. The molecule has 1 N–H and O–H groups in total. The van der Waals surface area contributed by atoms with Crippen LogP contribution >= 0.6 is 15.9 Å². The van der Waals surface area contributed by atoms with Crippen molar-refractivity contribution in [1.82, 2.24) is 4.90 Å². The minimum atomic E-state index is -0.792. The van der Waals surface area contributed by atoms with E-state index >= 15 is 0 Å². The molecule has 1 aromatic heterocycles. The average Bonchev–Trinajstić information content (AvgIpc) is 3.24. The molecule has 0 bridgehead atoms. The molecule has 27 heavy (non-hydrogen) atoms. The maximum absolute atomic E-state index is 12.7. The van der Waals surface area contributed by atoms with Gasteiger partial charge in [-0.25, -0.2) is 0 Å². The molecule has 6 nitrogen and oxygen atoms in total. The number of amides is 1. The lowest BCUT2D eigenvalue weighted by atomic mass is 9.99. The Hall–Kier alpha value is -2.38. The first-order chi connectivity index (χ1) is 12.9. The van der Waals surface area contributed by atoms with Crippen molar-refractivity contribution in [1.29, 1.82) is 0 Å². The Morgan fingerprint density at radius 2 is 1.96 bits per heavy atom. The number of benzene rings is 1. The molecule has 1 unspecified atom stereocenters. The fraction of sp³-hybridized carbons (Fsp3) is 0.300. The summed E-state index contributed by atoms with van der Waals surface area (Å²) in [5.74, 6) is -1.23. The summed E-state index contributed by atoms with van der Waals surface area (Å²) in [6.45, 7) is 4.28. The molecular weight excluding hydrogens is 414 g/mol. The van der Waals surface area contributed by atoms with Crippen LogP contribution in [0.25, 0.3) is 5.76 Å². The molecule has 1 aromatic carbocycles. The predicted octanol–water partition coefficient (Wildman–Crippen LogP) is 3.89. The van der Waals surface area contributed by atoms with E-state index in [-0.39, 0.29) is 30.6 Å². The average molecular weight is 434 g/mol. The number of halogens is 1. The van der Waals surface area contributed by atoms with Crippen molar-refractivity contribution in [3.05, 3.63) is 64.0 Å². The number of hydrogen-bond donors (Lipinski definition) is 1. The van der Waals surface area contributed by atoms with Crippen LogP contribution in [0.2, 0.25) is 0 Å². The van der Waals surface area contributed by atoms with Gasteiger partial charge in [-0.3, -0.25) is 9.59 Å². The monoisotopic (exact) mass is 433 g/mol. The number of nitrogens with zero attached hydrogens (tertiary/aromatic N) is 1. The fourth-order valence-electron chi connectivity index (χ4n) is 3.00. The molecule has 3 rings (SSSR count). The molecule has 1 saturated heterocycles. The number of hydrogen-bond acceptors (Lipinski definition) is 5.